The summed E-state index contributed by atoms with van der Waals surface area (Å²) in [6.07, 6.45) is 10.1. The molecule has 0 aromatic heterocycles. The van der Waals surface area contributed by atoms with Gasteiger partial charge in [-0.25, -0.2) is 0 Å². The van der Waals surface area contributed by atoms with Crippen LogP contribution >= 0.6 is 0 Å². The molecule has 1 aliphatic carbocycles. The maximum Gasteiger partial charge on any atom is 0.192 e. The minimum absolute atomic E-state index is 0.0743. The number of ether oxygens (including phenoxy) is 1. The molecule has 1 aliphatic rings. The Bertz CT molecular complexity index is 1020. The van der Waals surface area contributed by atoms with Gasteiger partial charge in [-0.2, -0.15) is 0 Å². The minimum Gasteiger partial charge on any atom is -0.489 e. The number of benzene rings is 2. The molecule has 2 aromatic carbocycles. The number of allylic oxidation sites excluding steroid dienone is 3. The molecule has 0 aliphatic heterocycles. The van der Waals surface area contributed by atoms with Crippen molar-refractivity contribution < 1.29 is 14.3 Å². The van der Waals surface area contributed by atoms with Crippen LogP contribution in [0.5, 0.6) is 5.75 Å². The van der Waals surface area contributed by atoms with E-state index in [9.17, 15) is 5.11 Å². The summed E-state index contributed by atoms with van der Waals surface area (Å²) in [5, 5.41) is 14.0. The Morgan fingerprint density at radius 2 is 1.81 bits per heavy atom. The quantitative estimate of drug-likeness (QED) is 0.293. The first-order valence-electron chi connectivity index (χ1n) is 13.3. The summed E-state index contributed by atoms with van der Waals surface area (Å²) >= 11 is 0. The van der Waals surface area contributed by atoms with Crippen molar-refractivity contribution in [2.75, 3.05) is 6.54 Å². The molecule has 0 amide bonds. The zero-order valence-corrected chi connectivity index (χ0v) is 24.0. The number of hydrogen-bond acceptors (Lipinski definition) is 4. The first kappa shape index (κ1) is 28.4. The average Bonchev–Trinajstić information content (AvgIpc) is 2.85. The fourth-order valence-corrected chi connectivity index (χ4v) is 5.40. The highest BCUT2D eigenvalue weighted by molar-refractivity contribution is 6.74. The Labute approximate surface area is 219 Å². The van der Waals surface area contributed by atoms with Crippen LogP contribution in [0.2, 0.25) is 18.1 Å². The zero-order valence-electron chi connectivity index (χ0n) is 23.0. The highest BCUT2D eigenvalue weighted by Crippen LogP contribution is 2.40. The van der Waals surface area contributed by atoms with Crippen molar-refractivity contribution in [3.05, 3.63) is 89.0 Å². The molecule has 0 saturated carbocycles. The first-order valence-corrected chi connectivity index (χ1v) is 16.2. The van der Waals surface area contributed by atoms with E-state index in [2.05, 4.69) is 76.5 Å². The third kappa shape index (κ3) is 8.17. The predicted octanol–water partition coefficient (Wildman–Crippen LogP) is 7.47. The van der Waals surface area contributed by atoms with Crippen LogP contribution in [0.4, 0.5) is 0 Å². The van der Waals surface area contributed by atoms with E-state index in [0.717, 1.165) is 42.5 Å². The van der Waals surface area contributed by atoms with Gasteiger partial charge in [-0.3, -0.25) is 0 Å². The average molecular weight is 508 g/mol. The van der Waals surface area contributed by atoms with Crippen molar-refractivity contribution in [2.45, 2.75) is 90.4 Å². The fraction of sp³-hybridized carbons (Fsp3) is 0.484. The molecular formula is C31H45NO3Si. The Kier molecular flexibility index (Phi) is 10.1. The fourth-order valence-electron chi connectivity index (χ4n) is 4.11. The van der Waals surface area contributed by atoms with E-state index in [1.165, 1.54) is 5.57 Å². The lowest BCUT2D eigenvalue weighted by molar-refractivity contribution is 0.175. The van der Waals surface area contributed by atoms with Crippen molar-refractivity contribution >= 4 is 8.32 Å². The molecule has 2 N–H and O–H groups in total. The summed E-state index contributed by atoms with van der Waals surface area (Å²) in [5.74, 6) is 0.716. The molecule has 0 unspecified atom stereocenters. The Hall–Kier alpha value is -2.18. The molecule has 0 bridgehead atoms. The molecular weight excluding hydrogens is 462 g/mol. The lowest BCUT2D eigenvalue weighted by Gasteiger charge is -2.40. The summed E-state index contributed by atoms with van der Waals surface area (Å²) in [6.45, 7) is 14.8. The summed E-state index contributed by atoms with van der Waals surface area (Å²) in [6, 6.07) is 16.6. The van der Waals surface area contributed by atoms with Crippen LogP contribution in [-0.2, 0) is 17.6 Å². The highest BCUT2D eigenvalue weighted by Gasteiger charge is 2.39. The lowest BCUT2D eigenvalue weighted by atomic mass is 10.0. The Morgan fingerprint density at radius 1 is 1.06 bits per heavy atom. The maximum absolute atomic E-state index is 10.1. The van der Waals surface area contributed by atoms with Crippen LogP contribution in [0.25, 0.3) is 0 Å². The highest BCUT2D eigenvalue weighted by atomic mass is 28.4. The summed E-state index contributed by atoms with van der Waals surface area (Å²) in [5.41, 5.74) is 4.38. The minimum atomic E-state index is -2.02. The second kappa shape index (κ2) is 12.9. The normalized spacial score (nSPS) is 15.9. The number of aliphatic hydroxyl groups is 1. The number of aliphatic hydroxyl groups excluding tert-OH is 1. The van der Waals surface area contributed by atoms with E-state index >= 15 is 0 Å². The van der Waals surface area contributed by atoms with Crippen LogP contribution < -0.4 is 10.1 Å². The van der Waals surface area contributed by atoms with Crippen molar-refractivity contribution in [3.63, 3.8) is 0 Å². The van der Waals surface area contributed by atoms with E-state index in [4.69, 9.17) is 9.16 Å². The van der Waals surface area contributed by atoms with Gasteiger partial charge in [-0.1, -0.05) is 81.0 Å². The van der Waals surface area contributed by atoms with Gasteiger partial charge in [0.15, 0.2) is 8.32 Å². The van der Waals surface area contributed by atoms with E-state index in [-0.39, 0.29) is 17.7 Å². The van der Waals surface area contributed by atoms with Crippen molar-refractivity contribution in [1.29, 1.82) is 0 Å². The van der Waals surface area contributed by atoms with Gasteiger partial charge in [-0.15, -0.1) is 0 Å². The molecule has 0 spiro atoms. The van der Waals surface area contributed by atoms with Crippen LogP contribution in [0, 0.1) is 0 Å². The van der Waals surface area contributed by atoms with Gasteiger partial charge in [0, 0.05) is 18.2 Å². The second-order valence-corrected chi connectivity index (χ2v) is 16.2. The lowest BCUT2D eigenvalue weighted by Crippen LogP contribution is -2.44. The van der Waals surface area contributed by atoms with Gasteiger partial charge in [0.1, 0.15) is 12.4 Å². The van der Waals surface area contributed by atoms with Gasteiger partial charge >= 0.3 is 0 Å². The second-order valence-electron chi connectivity index (χ2n) is 11.4. The summed E-state index contributed by atoms with van der Waals surface area (Å²) in [4.78, 5) is 0. The molecule has 0 fully saturated rings. The standard InChI is InChI=1S/C31H45NO3Si/c1-24(19-25-13-9-7-10-14-25)32-21-30(35-36(5,6)31(2,3)4)27-17-18-29(28(20-27)22-33)34-23-26-15-11-8-12-16-26/h8-9,11-18,20,24,30,32-33H,7,10,19,21-23H2,1-6H3/t24-,30+/m1/s1. The monoisotopic (exact) mass is 507 g/mol. The molecule has 5 heteroatoms. The van der Waals surface area contributed by atoms with E-state index < -0.39 is 8.32 Å². The van der Waals surface area contributed by atoms with E-state index in [1.54, 1.807) is 0 Å². The van der Waals surface area contributed by atoms with Gasteiger partial charge in [0.2, 0.25) is 0 Å². The molecule has 0 saturated heterocycles. The molecule has 0 radical (unpaired) electrons. The van der Waals surface area contributed by atoms with Crippen LogP contribution in [0.15, 0.2) is 72.3 Å². The van der Waals surface area contributed by atoms with Gasteiger partial charge in [-0.05, 0) is 67.6 Å². The van der Waals surface area contributed by atoms with Crippen LogP contribution in [0.1, 0.15) is 69.8 Å². The van der Waals surface area contributed by atoms with Gasteiger partial charge < -0.3 is 19.6 Å². The van der Waals surface area contributed by atoms with Crippen molar-refractivity contribution in [2.24, 2.45) is 0 Å². The predicted molar refractivity (Wildman–Crippen MR) is 153 cm³/mol. The van der Waals surface area contributed by atoms with E-state index in [0.29, 0.717) is 18.4 Å². The third-order valence-electron chi connectivity index (χ3n) is 7.37. The van der Waals surface area contributed by atoms with Crippen LogP contribution in [-0.4, -0.2) is 26.0 Å². The topological polar surface area (TPSA) is 50.7 Å². The van der Waals surface area contributed by atoms with Crippen molar-refractivity contribution in [3.8, 4) is 5.75 Å². The number of nitrogens with one attached hydrogen (secondary N) is 1. The van der Waals surface area contributed by atoms with E-state index in [1.807, 2.05) is 36.4 Å². The largest absolute Gasteiger partial charge is 0.489 e. The molecule has 0 heterocycles. The van der Waals surface area contributed by atoms with Crippen LogP contribution in [0.3, 0.4) is 0 Å². The molecule has 3 rings (SSSR count). The Balaban J connectivity index is 1.76. The Morgan fingerprint density at radius 3 is 2.44 bits per heavy atom. The molecule has 36 heavy (non-hydrogen) atoms. The molecule has 2 atom stereocenters. The molecule has 196 valence electrons. The smallest absolute Gasteiger partial charge is 0.192 e. The number of rotatable bonds is 12. The maximum atomic E-state index is 10.1. The number of hydrogen-bond donors (Lipinski definition) is 2. The molecule has 2 aromatic rings. The van der Waals surface area contributed by atoms with Gasteiger partial charge in [0.25, 0.3) is 0 Å². The first-order chi connectivity index (χ1) is 17.1. The SMILES string of the molecule is C[C@H](CC1=CCCC=C1)NC[C@H](O[Si](C)(C)C(C)(C)C)c1ccc(OCc2ccccc2)c(CO)c1. The van der Waals surface area contributed by atoms with Gasteiger partial charge in [0.05, 0.1) is 12.7 Å². The summed E-state index contributed by atoms with van der Waals surface area (Å²) < 4.78 is 13.0. The van der Waals surface area contributed by atoms with Crippen molar-refractivity contribution in [1.82, 2.24) is 5.32 Å². The third-order valence-corrected chi connectivity index (χ3v) is 11.9. The zero-order chi connectivity index (χ0) is 26.2. The molecule has 4 nitrogen and oxygen atoms in total. The summed E-state index contributed by atoms with van der Waals surface area (Å²) in [7, 11) is -2.02.